The molecule has 0 amide bonds. The molecule has 88 valence electrons. The van der Waals surface area contributed by atoms with Crippen molar-refractivity contribution >= 4 is 34.7 Å². The number of benzene rings is 1. The Kier molecular flexibility index (Phi) is 3.43. The highest BCUT2D eigenvalue weighted by Gasteiger charge is 2.10. The number of nitrogens with zero attached hydrogens (tertiary/aromatic N) is 2. The standard InChI is InChI=1S/C11H10N2O3S/c14-10(5-17-6-11(15)16)13-7-12-8-3-1-2-4-9(8)13/h1-4,7H,5-6H2,(H,15,16). The molecule has 1 aromatic heterocycles. The van der Waals surface area contributed by atoms with Crippen LogP contribution in [0.15, 0.2) is 30.6 Å². The summed E-state index contributed by atoms with van der Waals surface area (Å²) in [5.41, 5.74) is 1.50. The monoisotopic (exact) mass is 250 g/mol. The van der Waals surface area contributed by atoms with Crippen LogP contribution >= 0.6 is 11.8 Å². The second kappa shape index (κ2) is 5.01. The molecule has 5 nitrogen and oxygen atoms in total. The van der Waals surface area contributed by atoms with Gasteiger partial charge in [-0.15, -0.1) is 11.8 Å². The van der Waals surface area contributed by atoms with Crippen LogP contribution in [-0.2, 0) is 4.79 Å². The maximum atomic E-state index is 11.8. The number of carboxylic acids is 1. The number of carbonyl (C=O) groups excluding carboxylic acids is 1. The number of fused-ring (bicyclic) bond motifs is 1. The van der Waals surface area contributed by atoms with Gasteiger partial charge in [-0.25, -0.2) is 4.98 Å². The predicted octanol–water partition coefficient (Wildman–Crippen LogP) is 1.49. The molecule has 0 atom stereocenters. The van der Waals surface area contributed by atoms with Gasteiger partial charge in [-0.05, 0) is 12.1 Å². The summed E-state index contributed by atoms with van der Waals surface area (Å²) in [5, 5.41) is 8.48. The van der Waals surface area contributed by atoms with Gasteiger partial charge in [-0.2, -0.15) is 0 Å². The molecule has 1 heterocycles. The van der Waals surface area contributed by atoms with E-state index in [1.807, 2.05) is 24.3 Å². The first-order valence-corrected chi connectivity index (χ1v) is 6.09. The molecule has 1 N–H and O–H groups in total. The summed E-state index contributed by atoms with van der Waals surface area (Å²) in [6, 6.07) is 7.31. The minimum Gasteiger partial charge on any atom is -0.481 e. The van der Waals surface area contributed by atoms with E-state index in [0.717, 1.165) is 22.8 Å². The van der Waals surface area contributed by atoms with Crippen molar-refractivity contribution in [1.29, 1.82) is 0 Å². The van der Waals surface area contributed by atoms with Crippen molar-refractivity contribution in [2.75, 3.05) is 11.5 Å². The van der Waals surface area contributed by atoms with E-state index in [9.17, 15) is 9.59 Å². The van der Waals surface area contributed by atoms with Crippen molar-refractivity contribution in [3.05, 3.63) is 30.6 Å². The van der Waals surface area contributed by atoms with Gasteiger partial charge in [0.15, 0.2) is 0 Å². The summed E-state index contributed by atoms with van der Waals surface area (Å²) in [5.74, 6) is -1.02. The Morgan fingerprint density at radius 3 is 2.82 bits per heavy atom. The summed E-state index contributed by atoms with van der Waals surface area (Å²) in [6.45, 7) is 0. The van der Waals surface area contributed by atoms with Crippen molar-refractivity contribution in [1.82, 2.24) is 9.55 Å². The van der Waals surface area contributed by atoms with E-state index < -0.39 is 5.97 Å². The van der Waals surface area contributed by atoms with E-state index in [1.165, 1.54) is 10.9 Å². The van der Waals surface area contributed by atoms with Crippen LogP contribution in [0.2, 0.25) is 0 Å². The summed E-state index contributed by atoms with van der Waals surface area (Å²) in [4.78, 5) is 26.2. The molecule has 17 heavy (non-hydrogen) atoms. The smallest absolute Gasteiger partial charge is 0.313 e. The lowest BCUT2D eigenvalue weighted by Crippen LogP contribution is -2.13. The predicted molar refractivity (Wildman–Crippen MR) is 65.3 cm³/mol. The van der Waals surface area contributed by atoms with Crippen LogP contribution in [0.3, 0.4) is 0 Å². The largest absolute Gasteiger partial charge is 0.481 e. The Morgan fingerprint density at radius 2 is 2.06 bits per heavy atom. The minimum absolute atomic E-state index is 0.0711. The number of hydrogen-bond donors (Lipinski definition) is 1. The van der Waals surface area contributed by atoms with Gasteiger partial charge < -0.3 is 5.11 Å². The molecule has 0 aliphatic heterocycles. The quantitative estimate of drug-likeness (QED) is 0.890. The molecular formula is C11H10N2O3S. The zero-order valence-electron chi connectivity index (χ0n) is 8.87. The first-order chi connectivity index (χ1) is 8.18. The highest BCUT2D eigenvalue weighted by molar-refractivity contribution is 8.00. The maximum Gasteiger partial charge on any atom is 0.313 e. The molecule has 0 unspecified atom stereocenters. The van der Waals surface area contributed by atoms with Crippen LogP contribution in [0, 0.1) is 0 Å². The van der Waals surface area contributed by atoms with Gasteiger partial charge in [-0.1, -0.05) is 12.1 Å². The summed E-state index contributed by atoms with van der Waals surface area (Å²) in [6.07, 6.45) is 1.47. The van der Waals surface area contributed by atoms with Gasteiger partial charge in [0.2, 0.25) is 5.91 Å². The molecule has 6 heteroatoms. The lowest BCUT2D eigenvalue weighted by molar-refractivity contribution is -0.133. The van der Waals surface area contributed by atoms with Crippen molar-refractivity contribution in [3.8, 4) is 0 Å². The molecular weight excluding hydrogens is 240 g/mol. The Morgan fingerprint density at radius 1 is 1.29 bits per heavy atom. The van der Waals surface area contributed by atoms with Crippen LogP contribution in [0.1, 0.15) is 4.79 Å². The summed E-state index contributed by atoms with van der Waals surface area (Å²) < 4.78 is 1.45. The Labute approximate surface area is 101 Å². The van der Waals surface area contributed by atoms with Crippen molar-refractivity contribution in [2.45, 2.75) is 0 Å². The number of thioether (sulfide) groups is 1. The third kappa shape index (κ3) is 2.65. The van der Waals surface area contributed by atoms with Crippen LogP contribution in [-0.4, -0.2) is 38.0 Å². The van der Waals surface area contributed by atoms with Crippen molar-refractivity contribution in [2.24, 2.45) is 0 Å². The van der Waals surface area contributed by atoms with E-state index >= 15 is 0 Å². The van der Waals surface area contributed by atoms with Crippen molar-refractivity contribution < 1.29 is 14.7 Å². The third-order valence-electron chi connectivity index (χ3n) is 2.17. The number of aliphatic carboxylic acids is 1. The van der Waals surface area contributed by atoms with Crippen LogP contribution < -0.4 is 0 Å². The number of rotatable bonds is 4. The number of hydrogen-bond acceptors (Lipinski definition) is 4. The van der Waals surface area contributed by atoms with Crippen LogP contribution in [0.4, 0.5) is 0 Å². The average Bonchev–Trinajstić information content (AvgIpc) is 2.72. The fourth-order valence-corrected chi connectivity index (χ4v) is 2.04. The number of aromatic nitrogens is 2. The van der Waals surface area contributed by atoms with Gasteiger partial charge in [0.1, 0.15) is 6.33 Å². The van der Waals surface area contributed by atoms with Crippen LogP contribution in [0.5, 0.6) is 0 Å². The average molecular weight is 250 g/mol. The molecule has 0 saturated carbocycles. The fraction of sp³-hybridized carbons (Fsp3) is 0.182. The number of carboxylic acid groups (broad SMARTS) is 1. The van der Waals surface area contributed by atoms with Gasteiger partial charge in [-0.3, -0.25) is 14.2 Å². The van der Waals surface area contributed by atoms with Gasteiger partial charge >= 0.3 is 5.97 Å². The summed E-state index contributed by atoms with van der Waals surface area (Å²) in [7, 11) is 0. The zero-order chi connectivity index (χ0) is 12.3. The Bertz CT molecular complexity index is 565. The van der Waals surface area contributed by atoms with Gasteiger partial charge in [0.25, 0.3) is 0 Å². The molecule has 0 saturated heterocycles. The van der Waals surface area contributed by atoms with E-state index in [-0.39, 0.29) is 17.4 Å². The third-order valence-corrected chi connectivity index (χ3v) is 3.08. The summed E-state index contributed by atoms with van der Waals surface area (Å²) >= 11 is 1.08. The van der Waals surface area contributed by atoms with E-state index in [4.69, 9.17) is 5.11 Å². The van der Waals surface area contributed by atoms with Crippen molar-refractivity contribution in [3.63, 3.8) is 0 Å². The minimum atomic E-state index is -0.918. The lowest BCUT2D eigenvalue weighted by atomic mass is 10.3. The van der Waals surface area contributed by atoms with Gasteiger partial charge in [0.05, 0.1) is 22.5 Å². The van der Waals surface area contributed by atoms with E-state index in [0.29, 0.717) is 0 Å². The first-order valence-electron chi connectivity index (χ1n) is 4.93. The fourth-order valence-electron chi connectivity index (χ4n) is 1.45. The van der Waals surface area contributed by atoms with Gasteiger partial charge in [0, 0.05) is 0 Å². The molecule has 0 radical (unpaired) electrons. The molecule has 2 aromatic rings. The molecule has 0 spiro atoms. The Hall–Kier alpha value is -1.82. The number of imidazole rings is 1. The van der Waals surface area contributed by atoms with E-state index in [2.05, 4.69) is 4.98 Å². The molecule has 1 aromatic carbocycles. The molecule has 0 aliphatic rings. The topological polar surface area (TPSA) is 72.2 Å². The molecule has 0 aliphatic carbocycles. The molecule has 0 fully saturated rings. The zero-order valence-corrected chi connectivity index (χ0v) is 9.68. The second-order valence-corrected chi connectivity index (χ2v) is 4.37. The second-order valence-electron chi connectivity index (χ2n) is 3.38. The number of para-hydroxylation sites is 2. The SMILES string of the molecule is O=C(O)CSCC(=O)n1cnc2ccccc21. The van der Waals surface area contributed by atoms with Crippen LogP contribution in [0.25, 0.3) is 11.0 Å². The molecule has 0 bridgehead atoms. The Balaban J connectivity index is 2.11. The number of carbonyl (C=O) groups is 2. The van der Waals surface area contributed by atoms with E-state index in [1.54, 1.807) is 0 Å². The lowest BCUT2D eigenvalue weighted by Gasteiger charge is -2.01. The normalized spacial score (nSPS) is 10.6. The molecule has 2 rings (SSSR count). The maximum absolute atomic E-state index is 11.8. The highest BCUT2D eigenvalue weighted by atomic mass is 32.2. The highest BCUT2D eigenvalue weighted by Crippen LogP contribution is 2.12. The first kappa shape index (κ1) is 11.7.